The van der Waals surface area contributed by atoms with E-state index in [0.29, 0.717) is 16.9 Å². The Morgan fingerprint density at radius 1 is 1.00 bits per heavy atom. The van der Waals surface area contributed by atoms with E-state index in [4.69, 9.17) is 5.73 Å². The van der Waals surface area contributed by atoms with E-state index in [-0.39, 0.29) is 4.90 Å². The second kappa shape index (κ2) is 4.70. The smallest absolute Gasteiger partial charge is 0.262 e. The van der Waals surface area contributed by atoms with Gasteiger partial charge in [-0.25, -0.2) is 8.42 Å². The van der Waals surface area contributed by atoms with E-state index in [1.54, 1.807) is 43.3 Å². The summed E-state index contributed by atoms with van der Waals surface area (Å²) in [4.78, 5) is 0.200. The summed E-state index contributed by atoms with van der Waals surface area (Å²) < 4.78 is 26.9. The summed E-state index contributed by atoms with van der Waals surface area (Å²) in [6.07, 6.45) is 0. The van der Waals surface area contributed by atoms with Crippen LogP contribution >= 0.6 is 0 Å². The van der Waals surface area contributed by atoms with Crippen molar-refractivity contribution < 1.29 is 8.42 Å². The van der Waals surface area contributed by atoms with Crippen molar-refractivity contribution in [1.29, 1.82) is 0 Å². The molecule has 0 radical (unpaired) electrons. The molecular formula is C13H14N2O2S. The third-order valence-electron chi connectivity index (χ3n) is 2.64. The van der Waals surface area contributed by atoms with Crippen molar-refractivity contribution in [1.82, 2.24) is 0 Å². The number of nitrogens with one attached hydrogen (secondary N) is 1. The van der Waals surface area contributed by atoms with Gasteiger partial charge in [0.1, 0.15) is 0 Å². The Labute approximate surface area is 107 Å². The summed E-state index contributed by atoms with van der Waals surface area (Å²) in [5.41, 5.74) is 7.27. The predicted octanol–water partition coefficient (Wildman–Crippen LogP) is 2.38. The van der Waals surface area contributed by atoms with E-state index in [1.807, 2.05) is 6.07 Å². The van der Waals surface area contributed by atoms with Crippen LogP contribution < -0.4 is 10.5 Å². The average molecular weight is 262 g/mol. The summed E-state index contributed by atoms with van der Waals surface area (Å²) in [5, 5.41) is 0. The number of nitrogens with two attached hydrogens (primary N) is 1. The fourth-order valence-corrected chi connectivity index (χ4v) is 2.97. The molecule has 4 nitrogen and oxygen atoms in total. The Kier molecular flexibility index (Phi) is 3.25. The average Bonchev–Trinajstić information content (AvgIpc) is 2.33. The quantitative estimate of drug-likeness (QED) is 0.834. The molecule has 0 spiro atoms. The van der Waals surface area contributed by atoms with E-state index in [9.17, 15) is 8.42 Å². The molecule has 2 aromatic carbocycles. The van der Waals surface area contributed by atoms with Crippen molar-refractivity contribution in [2.45, 2.75) is 11.8 Å². The van der Waals surface area contributed by atoms with Crippen LogP contribution in [0.5, 0.6) is 0 Å². The summed E-state index contributed by atoms with van der Waals surface area (Å²) in [5.74, 6) is 0. The molecule has 0 amide bonds. The normalized spacial score (nSPS) is 11.2. The molecule has 0 aliphatic heterocycles. The summed E-state index contributed by atoms with van der Waals surface area (Å²) in [7, 11) is -3.60. The van der Waals surface area contributed by atoms with Crippen molar-refractivity contribution in [2.75, 3.05) is 10.5 Å². The van der Waals surface area contributed by atoms with E-state index >= 15 is 0 Å². The number of para-hydroxylation sites is 1. The Bertz CT molecular complexity index is 652. The highest BCUT2D eigenvalue weighted by Gasteiger charge is 2.17. The lowest BCUT2D eigenvalue weighted by Gasteiger charge is -2.11. The highest BCUT2D eigenvalue weighted by atomic mass is 32.2. The topological polar surface area (TPSA) is 72.2 Å². The zero-order valence-corrected chi connectivity index (χ0v) is 10.7. The SMILES string of the molecule is Cc1c(N)cccc1S(=O)(=O)Nc1ccccc1. The lowest BCUT2D eigenvalue weighted by molar-refractivity contribution is 0.600. The van der Waals surface area contributed by atoms with Gasteiger partial charge in [-0.15, -0.1) is 0 Å². The molecule has 0 bridgehead atoms. The number of hydrogen-bond acceptors (Lipinski definition) is 3. The minimum Gasteiger partial charge on any atom is -0.398 e. The van der Waals surface area contributed by atoms with Gasteiger partial charge in [0.25, 0.3) is 10.0 Å². The minimum absolute atomic E-state index is 0.200. The van der Waals surface area contributed by atoms with Gasteiger partial charge in [-0.05, 0) is 36.8 Å². The maximum absolute atomic E-state index is 12.2. The standard InChI is InChI=1S/C13H14N2O2S/c1-10-12(14)8-5-9-13(10)18(16,17)15-11-6-3-2-4-7-11/h2-9,15H,14H2,1H3. The molecule has 18 heavy (non-hydrogen) atoms. The number of benzene rings is 2. The minimum atomic E-state index is -3.60. The number of sulfonamides is 1. The van der Waals surface area contributed by atoms with Gasteiger partial charge in [0, 0.05) is 11.4 Å². The fourth-order valence-electron chi connectivity index (χ4n) is 1.64. The van der Waals surface area contributed by atoms with Gasteiger partial charge in [0.05, 0.1) is 4.90 Å². The first-order chi connectivity index (χ1) is 8.50. The molecule has 0 saturated heterocycles. The second-order valence-corrected chi connectivity index (χ2v) is 5.59. The molecule has 0 atom stereocenters. The second-order valence-electron chi connectivity index (χ2n) is 3.94. The number of anilines is 2. The van der Waals surface area contributed by atoms with Crippen LogP contribution in [0, 0.1) is 6.92 Å². The largest absolute Gasteiger partial charge is 0.398 e. The number of rotatable bonds is 3. The van der Waals surface area contributed by atoms with E-state index in [0.717, 1.165) is 0 Å². The number of hydrogen-bond donors (Lipinski definition) is 2. The van der Waals surface area contributed by atoms with Crippen molar-refractivity contribution in [3.05, 3.63) is 54.1 Å². The van der Waals surface area contributed by atoms with Gasteiger partial charge < -0.3 is 5.73 Å². The lowest BCUT2D eigenvalue weighted by Crippen LogP contribution is -2.14. The van der Waals surface area contributed by atoms with Crippen molar-refractivity contribution in [3.8, 4) is 0 Å². The van der Waals surface area contributed by atoms with Crippen LogP contribution in [0.25, 0.3) is 0 Å². The molecule has 5 heteroatoms. The third kappa shape index (κ3) is 2.46. The highest BCUT2D eigenvalue weighted by Crippen LogP contribution is 2.22. The molecule has 0 saturated carbocycles. The molecule has 0 heterocycles. The number of nitrogen functional groups attached to an aromatic ring is 1. The van der Waals surface area contributed by atoms with Gasteiger partial charge in [-0.2, -0.15) is 0 Å². The Balaban J connectivity index is 2.41. The molecule has 0 unspecified atom stereocenters. The zero-order valence-electron chi connectivity index (χ0n) is 9.92. The third-order valence-corrected chi connectivity index (χ3v) is 4.17. The molecule has 2 rings (SSSR count). The van der Waals surface area contributed by atoms with Gasteiger partial charge in [0.15, 0.2) is 0 Å². The Morgan fingerprint density at radius 2 is 1.67 bits per heavy atom. The summed E-state index contributed by atoms with van der Waals surface area (Å²) in [6.45, 7) is 1.69. The van der Waals surface area contributed by atoms with Crippen molar-refractivity contribution in [2.24, 2.45) is 0 Å². The van der Waals surface area contributed by atoms with Crippen LogP contribution in [-0.2, 0) is 10.0 Å². The molecule has 0 fully saturated rings. The van der Waals surface area contributed by atoms with Crippen LogP contribution in [0.15, 0.2) is 53.4 Å². The van der Waals surface area contributed by atoms with E-state index in [2.05, 4.69) is 4.72 Å². The van der Waals surface area contributed by atoms with Crippen LogP contribution in [0.1, 0.15) is 5.56 Å². The van der Waals surface area contributed by atoms with Crippen molar-refractivity contribution in [3.63, 3.8) is 0 Å². The van der Waals surface area contributed by atoms with Crippen molar-refractivity contribution >= 4 is 21.4 Å². The predicted molar refractivity (Wildman–Crippen MR) is 72.8 cm³/mol. The first kappa shape index (κ1) is 12.4. The first-order valence-electron chi connectivity index (χ1n) is 5.43. The molecular weight excluding hydrogens is 248 g/mol. The first-order valence-corrected chi connectivity index (χ1v) is 6.92. The fraction of sp³-hybridized carbons (Fsp3) is 0.0769. The van der Waals surface area contributed by atoms with Crippen LogP contribution in [-0.4, -0.2) is 8.42 Å². The summed E-state index contributed by atoms with van der Waals surface area (Å²) >= 11 is 0. The molecule has 2 aromatic rings. The lowest BCUT2D eigenvalue weighted by atomic mass is 10.2. The zero-order chi connectivity index (χ0) is 13.2. The van der Waals surface area contributed by atoms with Gasteiger partial charge in [-0.3, -0.25) is 4.72 Å². The maximum atomic E-state index is 12.2. The molecule has 3 N–H and O–H groups in total. The van der Waals surface area contributed by atoms with E-state index in [1.165, 1.54) is 6.07 Å². The van der Waals surface area contributed by atoms with Crippen LogP contribution in [0.4, 0.5) is 11.4 Å². The monoisotopic (exact) mass is 262 g/mol. The van der Waals surface area contributed by atoms with E-state index < -0.39 is 10.0 Å². The maximum Gasteiger partial charge on any atom is 0.262 e. The van der Waals surface area contributed by atoms with Gasteiger partial charge >= 0.3 is 0 Å². The van der Waals surface area contributed by atoms with Crippen LogP contribution in [0.2, 0.25) is 0 Å². The molecule has 0 aliphatic carbocycles. The molecule has 94 valence electrons. The Morgan fingerprint density at radius 3 is 2.33 bits per heavy atom. The van der Waals surface area contributed by atoms with Crippen LogP contribution in [0.3, 0.4) is 0 Å². The molecule has 0 aliphatic rings. The molecule has 0 aromatic heterocycles. The van der Waals surface area contributed by atoms with Gasteiger partial charge in [0.2, 0.25) is 0 Å². The summed E-state index contributed by atoms with van der Waals surface area (Å²) in [6, 6.07) is 13.6. The Hall–Kier alpha value is -2.01. The highest BCUT2D eigenvalue weighted by molar-refractivity contribution is 7.92. The van der Waals surface area contributed by atoms with Gasteiger partial charge in [-0.1, -0.05) is 24.3 Å².